The molecule has 190 valence electrons. The highest BCUT2D eigenvalue weighted by molar-refractivity contribution is 7.99. The molecule has 1 heterocycles. The summed E-state index contributed by atoms with van der Waals surface area (Å²) in [6.45, 7) is 10.7. The number of phenolic OH excluding ortho intramolecular Hbond substituents is 4. The lowest BCUT2D eigenvalue weighted by Crippen LogP contribution is -2.24. The van der Waals surface area contributed by atoms with Crippen LogP contribution in [0.4, 0.5) is 0 Å². The lowest BCUT2D eigenvalue weighted by atomic mass is 9.72. The molecule has 0 unspecified atom stereocenters. The van der Waals surface area contributed by atoms with Crippen LogP contribution in [0.2, 0.25) is 0 Å². The summed E-state index contributed by atoms with van der Waals surface area (Å²) in [5, 5.41) is 50.9. The molecule has 4 rings (SSSR count). The molecule has 0 amide bonds. The molecule has 0 radical (unpaired) electrons. The van der Waals surface area contributed by atoms with Crippen molar-refractivity contribution in [3.8, 4) is 28.7 Å². The molecule has 0 saturated heterocycles. The van der Waals surface area contributed by atoms with Gasteiger partial charge >= 0.3 is 0 Å². The fraction of sp³-hybridized carbons (Fsp3) is 0.296. The Balaban J connectivity index is 0.000000383. The summed E-state index contributed by atoms with van der Waals surface area (Å²) in [6, 6.07) is 18.5. The molecule has 8 nitrogen and oxygen atoms in total. The fourth-order valence-corrected chi connectivity index (χ4v) is 4.96. The number of aromatic hydroxyl groups is 4. The van der Waals surface area contributed by atoms with Gasteiger partial charge in [-0.15, -0.1) is 5.10 Å². The van der Waals surface area contributed by atoms with Gasteiger partial charge in [0.2, 0.25) is 5.16 Å². The zero-order valence-corrected chi connectivity index (χ0v) is 21.9. The van der Waals surface area contributed by atoms with Gasteiger partial charge in [0, 0.05) is 5.56 Å². The Hall–Kier alpha value is -3.72. The first-order valence-corrected chi connectivity index (χ1v) is 12.2. The van der Waals surface area contributed by atoms with Gasteiger partial charge < -0.3 is 20.4 Å². The van der Waals surface area contributed by atoms with Crippen LogP contribution in [-0.4, -0.2) is 40.6 Å². The maximum absolute atomic E-state index is 10.7. The van der Waals surface area contributed by atoms with Crippen molar-refractivity contribution in [2.24, 2.45) is 5.41 Å². The van der Waals surface area contributed by atoms with Gasteiger partial charge in [-0.2, -0.15) is 4.68 Å². The molecule has 0 fully saturated rings. The normalized spacial score (nSPS) is 11.6. The molecule has 1 aromatic heterocycles. The molecule has 0 saturated carbocycles. The van der Waals surface area contributed by atoms with Crippen molar-refractivity contribution in [1.82, 2.24) is 20.2 Å². The monoisotopic (exact) mass is 508 g/mol. The Morgan fingerprint density at radius 3 is 1.92 bits per heavy atom. The minimum absolute atomic E-state index is 0.0940. The van der Waals surface area contributed by atoms with E-state index in [4.69, 9.17) is 10.2 Å². The van der Waals surface area contributed by atoms with Gasteiger partial charge in [-0.3, -0.25) is 0 Å². The van der Waals surface area contributed by atoms with Gasteiger partial charge in [-0.05, 0) is 88.0 Å². The summed E-state index contributed by atoms with van der Waals surface area (Å²) in [4.78, 5) is 0.500. The van der Waals surface area contributed by atoms with Crippen molar-refractivity contribution in [3.63, 3.8) is 0 Å². The van der Waals surface area contributed by atoms with Gasteiger partial charge in [0.25, 0.3) is 0 Å². The fourth-order valence-electron chi connectivity index (χ4n) is 4.13. The number of benzene rings is 3. The summed E-state index contributed by atoms with van der Waals surface area (Å²) in [5.41, 5.74) is 1.36. The number of phenols is 4. The Morgan fingerprint density at radius 2 is 1.36 bits per heavy atom. The van der Waals surface area contributed by atoms with E-state index in [-0.39, 0.29) is 33.8 Å². The Morgan fingerprint density at radius 1 is 0.778 bits per heavy atom. The van der Waals surface area contributed by atoms with Crippen LogP contribution in [0.5, 0.6) is 23.0 Å². The molecule has 4 N–H and O–H groups in total. The average molecular weight is 509 g/mol. The van der Waals surface area contributed by atoms with Gasteiger partial charge in [0.15, 0.2) is 0 Å². The van der Waals surface area contributed by atoms with Crippen LogP contribution >= 0.6 is 11.8 Å². The number of nitrogens with zero attached hydrogens (tertiary/aromatic N) is 4. The largest absolute Gasteiger partial charge is 0.508 e. The van der Waals surface area contributed by atoms with Crippen LogP contribution in [-0.2, 0) is 5.41 Å². The third-order valence-corrected chi connectivity index (χ3v) is 6.26. The van der Waals surface area contributed by atoms with Gasteiger partial charge in [-0.1, -0.05) is 52.8 Å². The smallest absolute Gasteiger partial charge is 0.219 e. The predicted molar refractivity (Wildman–Crippen MR) is 140 cm³/mol. The van der Waals surface area contributed by atoms with Crippen molar-refractivity contribution in [2.75, 3.05) is 0 Å². The van der Waals surface area contributed by atoms with Gasteiger partial charge in [0.05, 0.1) is 10.6 Å². The highest BCUT2D eigenvalue weighted by atomic mass is 32.2. The third kappa shape index (κ3) is 7.14. The van der Waals surface area contributed by atoms with Crippen molar-refractivity contribution >= 4 is 11.8 Å². The van der Waals surface area contributed by atoms with E-state index in [0.717, 1.165) is 17.7 Å². The maximum atomic E-state index is 10.7. The minimum Gasteiger partial charge on any atom is -0.508 e. The molecule has 9 heteroatoms. The van der Waals surface area contributed by atoms with Crippen LogP contribution in [0.3, 0.4) is 0 Å². The van der Waals surface area contributed by atoms with E-state index in [1.54, 1.807) is 16.8 Å². The summed E-state index contributed by atoms with van der Waals surface area (Å²) in [5.74, 6) is 0.598. The highest BCUT2D eigenvalue weighted by Gasteiger charge is 2.30. The molecule has 0 bridgehead atoms. The van der Waals surface area contributed by atoms with E-state index < -0.39 is 0 Å². The number of para-hydroxylation sites is 1. The van der Waals surface area contributed by atoms with E-state index in [9.17, 15) is 10.2 Å². The van der Waals surface area contributed by atoms with Crippen LogP contribution < -0.4 is 0 Å². The number of aromatic nitrogens is 4. The van der Waals surface area contributed by atoms with E-state index in [1.165, 1.54) is 36.0 Å². The quantitative estimate of drug-likeness (QED) is 0.241. The molecule has 36 heavy (non-hydrogen) atoms. The maximum Gasteiger partial charge on any atom is 0.219 e. The molecule has 3 aromatic carbocycles. The zero-order valence-electron chi connectivity index (χ0n) is 21.0. The number of rotatable bonds is 5. The molecule has 4 aromatic rings. The van der Waals surface area contributed by atoms with Crippen LogP contribution in [0.25, 0.3) is 5.69 Å². The number of tetrazole rings is 1. The third-order valence-electron chi connectivity index (χ3n) is 5.27. The molecule has 0 aliphatic rings. The van der Waals surface area contributed by atoms with Crippen molar-refractivity contribution in [2.45, 2.75) is 56.5 Å². The second-order valence-corrected chi connectivity index (χ2v) is 11.3. The van der Waals surface area contributed by atoms with Gasteiger partial charge in [0.1, 0.15) is 23.0 Å². The molecular formula is C27H32N4O4S. The lowest BCUT2D eigenvalue weighted by Gasteiger charge is -2.33. The Labute approximate surface area is 215 Å². The molecule has 0 aliphatic carbocycles. The minimum atomic E-state index is -0.283. The summed E-state index contributed by atoms with van der Waals surface area (Å²) >= 11 is 1.21. The first kappa shape index (κ1) is 26.9. The topological polar surface area (TPSA) is 125 Å². The Kier molecular flexibility index (Phi) is 8.14. The second kappa shape index (κ2) is 10.9. The second-order valence-electron chi connectivity index (χ2n) is 10.3. The lowest BCUT2D eigenvalue weighted by molar-refractivity contribution is 0.277. The van der Waals surface area contributed by atoms with Crippen LogP contribution in [0, 0.1) is 5.41 Å². The number of hydrogen-bond acceptors (Lipinski definition) is 8. The Bertz CT molecular complexity index is 1260. The molecule has 0 aliphatic heterocycles. The van der Waals surface area contributed by atoms with Crippen LogP contribution in [0.1, 0.15) is 46.6 Å². The van der Waals surface area contributed by atoms with E-state index in [1.807, 2.05) is 30.3 Å². The van der Waals surface area contributed by atoms with Crippen molar-refractivity contribution in [3.05, 3.63) is 72.3 Å². The van der Waals surface area contributed by atoms with Crippen molar-refractivity contribution in [1.29, 1.82) is 0 Å². The average Bonchev–Trinajstić information content (AvgIpc) is 3.25. The van der Waals surface area contributed by atoms with Gasteiger partial charge in [-0.25, -0.2) is 0 Å². The van der Waals surface area contributed by atoms with E-state index in [2.05, 4.69) is 50.1 Å². The summed E-state index contributed by atoms with van der Waals surface area (Å²) in [6.07, 6.45) is 0.867. The first-order valence-electron chi connectivity index (χ1n) is 11.4. The zero-order chi connectivity index (χ0) is 26.5. The molecular weight excluding hydrogens is 476 g/mol. The summed E-state index contributed by atoms with van der Waals surface area (Å²) < 4.78 is 1.60. The standard InChI is InChI=1S/C21H26N4O2S.C6H6O2/c1-20(2,3)13-21(4,5)15-11-17(27)18(12-16(15)26)28-19-22-23-24-25(19)14-9-7-6-8-10-14;7-5-1-2-6(8)4-3-5/h6-12,26-27H,13H2,1-5H3;1-4,7-8H. The first-order chi connectivity index (χ1) is 16.9. The van der Waals surface area contributed by atoms with E-state index >= 15 is 0 Å². The SMILES string of the molecule is CC(C)(C)CC(C)(C)c1cc(O)c(Sc2nnnn2-c2ccccc2)cc1O.Oc1ccc(O)cc1. The number of hydrogen-bond donors (Lipinski definition) is 4. The van der Waals surface area contributed by atoms with Crippen LogP contribution in [0.15, 0.2) is 76.8 Å². The molecule has 0 spiro atoms. The predicted octanol–water partition coefficient (Wildman–Crippen LogP) is 6.04. The van der Waals surface area contributed by atoms with E-state index in [0.29, 0.717) is 10.1 Å². The molecule has 0 atom stereocenters. The summed E-state index contributed by atoms with van der Waals surface area (Å²) in [7, 11) is 0. The highest BCUT2D eigenvalue weighted by Crippen LogP contribution is 2.45. The van der Waals surface area contributed by atoms with Crippen molar-refractivity contribution < 1.29 is 20.4 Å².